The zero-order chi connectivity index (χ0) is 17.7. The number of nitrogens with zero attached hydrogens (tertiary/aromatic N) is 2. The van der Waals surface area contributed by atoms with Crippen molar-refractivity contribution in [2.75, 3.05) is 24.6 Å². The molecule has 0 aromatic heterocycles. The molecule has 0 bridgehead atoms. The number of hydrogen-bond donors (Lipinski definition) is 0. The van der Waals surface area contributed by atoms with E-state index in [1.54, 1.807) is 11.8 Å². The molecule has 2 heterocycles. The molecular weight excluding hydrogens is 355 g/mol. The molecule has 1 aromatic carbocycles. The molecule has 1 aromatic rings. The Morgan fingerprint density at radius 3 is 2.54 bits per heavy atom. The maximum atomic E-state index is 13.3. The quantitative estimate of drug-likeness (QED) is 0.731. The molecule has 0 aliphatic carbocycles. The first-order valence-corrected chi connectivity index (χ1v) is 11.0. The fourth-order valence-electron chi connectivity index (χ4n) is 3.46. The number of aliphatic imine (C=N–C) groups is 1. The minimum absolute atomic E-state index is 0.00945. The van der Waals surface area contributed by atoms with Crippen LogP contribution < -0.4 is 0 Å². The smallest absolute Gasteiger partial charge is 0.184 e. The Kier molecular flexibility index (Phi) is 4.19. The zero-order valence-electron chi connectivity index (χ0n) is 13.4. The summed E-state index contributed by atoms with van der Waals surface area (Å²) in [5, 5.41) is -1.07. The maximum absolute atomic E-state index is 13.3. The molecule has 2 aliphatic heterocycles. The monoisotopic (exact) mass is 374 g/mol. The Hall–Kier alpha value is -1.48. The van der Waals surface area contributed by atoms with Gasteiger partial charge in [-0.05, 0) is 37.6 Å². The van der Waals surface area contributed by atoms with Crippen molar-refractivity contribution >= 4 is 25.5 Å². The van der Waals surface area contributed by atoms with Gasteiger partial charge in [0.2, 0.25) is 0 Å². The minimum Gasteiger partial charge on any atom is -0.353 e. The Balaban J connectivity index is 2.05. The van der Waals surface area contributed by atoms with E-state index in [0.717, 1.165) is 12.1 Å². The number of hydrogen-bond acceptors (Lipinski definition) is 6. The van der Waals surface area contributed by atoms with Crippen molar-refractivity contribution in [1.29, 1.82) is 0 Å². The topological polar surface area (TPSA) is 83.9 Å². The summed E-state index contributed by atoms with van der Waals surface area (Å²) < 4.78 is 63.7. The SMILES string of the molecule is CC1=NCCN1[C@H]1CS(=O)(=O)C[C@@H]1S(=O)(=O)c1ccc(F)cc1C. The third-order valence-electron chi connectivity index (χ3n) is 4.61. The van der Waals surface area contributed by atoms with Gasteiger partial charge in [-0.15, -0.1) is 0 Å². The van der Waals surface area contributed by atoms with Crippen LogP contribution in [0.4, 0.5) is 4.39 Å². The van der Waals surface area contributed by atoms with Gasteiger partial charge in [0.1, 0.15) is 11.1 Å². The lowest BCUT2D eigenvalue weighted by Crippen LogP contribution is -2.47. The molecule has 24 heavy (non-hydrogen) atoms. The molecule has 0 N–H and O–H groups in total. The highest BCUT2D eigenvalue weighted by molar-refractivity contribution is 7.96. The fourth-order valence-corrected chi connectivity index (χ4v) is 8.46. The molecule has 2 atom stereocenters. The predicted molar refractivity (Wildman–Crippen MR) is 89.2 cm³/mol. The maximum Gasteiger partial charge on any atom is 0.184 e. The Labute approximate surface area is 141 Å². The van der Waals surface area contributed by atoms with Crippen molar-refractivity contribution < 1.29 is 21.2 Å². The summed E-state index contributed by atoms with van der Waals surface area (Å²) in [7, 11) is -7.38. The molecule has 6 nitrogen and oxygen atoms in total. The summed E-state index contributed by atoms with van der Waals surface area (Å²) >= 11 is 0. The van der Waals surface area contributed by atoms with E-state index in [4.69, 9.17) is 0 Å². The predicted octanol–water partition coefficient (Wildman–Crippen LogP) is 0.807. The number of amidine groups is 1. The van der Waals surface area contributed by atoms with Gasteiger partial charge in [-0.25, -0.2) is 21.2 Å². The largest absolute Gasteiger partial charge is 0.353 e. The first kappa shape index (κ1) is 17.3. The van der Waals surface area contributed by atoms with Crippen LogP contribution in [0.5, 0.6) is 0 Å². The first-order chi connectivity index (χ1) is 11.1. The van der Waals surface area contributed by atoms with Gasteiger partial charge in [0, 0.05) is 6.54 Å². The van der Waals surface area contributed by atoms with Crippen LogP contribution in [0.1, 0.15) is 12.5 Å². The highest BCUT2D eigenvalue weighted by atomic mass is 32.2. The van der Waals surface area contributed by atoms with Crippen LogP contribution in [0.25, 0.3) is 0 Å². The minimum atomic E-state index is -3.91. The summed E-state index contributed by atoms with van der Waals surface area (Å²) in [5.74, 6) is -0.484. The lowest BCUT2D eigenvalue weighted by atomic mass is 10.2. The van der Waals surface area contributed by atoms with Crippen LogP contribution in [0, 0.1) is 12.7 Å². The summed E-state index contributed by atoms with van der Waals surface area (Å²) in [6, 6.07) is 2.79. The van der Waals surface area contributed by atoms with E-state index < -0.39 is 42.5 Å². The standard InChI is InChI=1S/C15H19FN2O4S2/c1-10-7-12(16)3-4-14(10)24(21,22)15-9-23(19,20)8-13(15)18-6-5-17-11(18)2/h3-4,7,13,15H,5-6,8-9H2,1-2H3/t13-,15-/m0/s1. The molecule has 0 unspecified atom stereocenters. The number of benzene rings is 1. The molecule has 2 aliphatic rings. The second-order valence-corrected chi connectivity index (χ2v) is 10.5. The lowest BCUT2D eigenvalue weighted by molar-refractivity contribution is 0.360. The number of rotatable bonds is 3. The third kappa shape index (κ3) is 2.95. The van der Waals surface area contributed by atoms with Crippen molar-refractivity contribution in [2.45, 2.75) is 30.0 Å². The van der Waals surface area contributed by atoms with Gasteiger partial charge in [-0.2, -0.15) is 0 Å². The van der Waals surface area contributed by atoms with Crippen LogP contribution in [0.2, 0.25) is 0 Å². The Morgan fingerprint density at radius 2 is 1.96 bits per heavy atom. The summed E-state index contributed by atoms with van der Waals surface area (Å²) in [6.45, 7) is 4.31. The Bertz CT molecular complexity index is 909. The number of sulfone groups is 2. The molecule has 0 radical (unpaired) electrons. The molecule has 0 spiro atoms. The van der Waals surface area contributed by atoms with E-state index in [1.807, 2.05) is 0 Å². The van der Waals surface area contributed by atoms with Gasteiger partial charge in [0.15, 0.2) is 19.7 Å². The van der Waals surface area contributed by atoms with Crippen molar-refractivity contribution in [3.05, 3.63) is 29.6 Å². The highest BCUT2D eigenvalue weighted by Gasteiger charge is 2.49. The third-order valence-corrected chi connectivity index (χ3v) is 8.89. The van der Waals surface area contributed by atoms with Gasteiger partial charge < -0.3 is 4.90 Å². The van der Waals surface area contributed by atoms with E-state index in [1.165, 1.54) is 13.0 Å². The Morgan fingerprint density at radius 1 is 1.25 bits per heavy atom. The van der Waals surface area contributed by atoms with Crippen molar-refractivity contribution in [3.63, 3.8) is 0 Å². The van der Waals surface area contributed by atoms with Gasteiger partial charge in [0.05, 0.1) is 34.8 Å². The fraction of sp³-hybridized carbons (Fsp3) is 0.533. The van der Waals surface area contributed by atoms with Crippen LogP contribution >= 0.6 is 0 Å². The molecular formula is C15H19FN2O4S2. The molecule has 3 rings (SSSR count). The van der Waals surface area contributed by atoms with Crippen LogP contribution in [0.3, 0.4) is 0 Å². The second-order valence-electron chi connectivity index (χ2n) is 6.26. The second kappa shape index (κ2) is 5.80. The summed E-state index contributed by atoms with van der Waals surface area (Å²) in [4.78, 5) is 5.99. The molecule has 0 saturated carbocycles. The van der Waals surface area contributed by atoms with Gasteiger partial charge >= 0.3 is 0 Å². The number of aryl methyl sites for hydroxylation is 1. The lowest BCUT2D eigenvalue weighted by Gasteiger charge is -2.30. The van der Waals surface area contributed by atoms with Gasteiger partial charge in [-0.1, -0.05) is 0 Å². The van der Waals surface area contributed by atoms with E-state index in [-0.39, 0.29) is 16.2 Å². The van der Waals surface area contributed by atoms with E-state index in [0.29, 0.717) is 18.9 Å². The molecule has 9 heteroatoms. The van der Waals surface area contributed by atoms with Gasteiger partial charge in [0.25, 0.3) is 0 Å². The van der Waals surface area contributed by atoms with E-state index >= 15 is 0 Å². The van der Waals surface area contributed by atoms with Crippen molar-refractivity contribution in [1.82, 2.24) is 4.90 Å². The molecule has 0 amide bonds. The van der Waals surface area contributed by atoms with Crippen LogP contribution in [-0.2, 0) is 19.7 Å². The van der Waals surface area contributed by atoms with Crippen molar-refractivity contribution in [2.24, 2.45) is 4.99 Å². The van der Waals surface area contributed by atoms with Crippen molar-refractivity contribution in [3.8, 4) is 0 Å². The van der Waals surface area contributed by atoms with E-state index in [2.05, 4.69) is 4.99 Å². The zero-order valence-corrected chi connectivity index (χ0v) is 15.1. The normalized spacial score (nSPS) is 26.6. The number of halogens is 1. The average Bonchev–Trinajstić information content (AvgIpc) is 3.01. The molecule has 132 valence electrons. The highest BCUT2D eigenvalue weighted by Crippen LogP contribution is 2.31. The molecule has 1 fully saturated rings. The van der Waals surface area contributed by atoms with E-state index in [9.17, 15) is 21.2 Å². The summed E-state index contributed by atoms with van der Waals surface area (Å²) in [6.07, 6.45) is 0. The van der Waals surface area contributed by atoms with Gasteiger partial charge in [-0.3, -0.25) is 4.99 Å². The summed E-state index contributed by atoms with van der Waals surface area (Å²) in [5.41, 5.74) is 0.282. The molecule has 1 saturated heterocycles. The van der Waals surface area contributed by atoms with Crippen LogP contribution in [-0.4, -0.2) is 63.5 Å². The average molecular weight is 374 g/mol. The first-order valence-electron chi connectivity index (χ1n) is 7.60. The van der Waals surface area contributed by atoms with Crippen LogP contribution in [0.15, 0.2) is 28.1 Å².